The van der Waals surface area contributed by atoms with Gasteiger partial charge in [0.25, 0.3) is 0 Å². The molecule has 0 saturated carbocycles. The number of nitrogens with zero attached hydrogens (tertiary/aromatic N) is 2. The Bertz CT molecular complexity index is 613. The van der Waals surface area contributed by atoms with Gasteiger partial charge >= 0.3 is 5.97 Å². The quantitative estimate of drug-likeness (QED) is 0.464. The molecule has 2 heterocycles. The van der Waals surface area contributed by atoms with Crippen molar-refractivity contribution in [3.63, 3.8) is 0 Å². The fourth-order valence-corrected chi connectivity index (χ4v) is 4.02. The van der Waals surface area contributed by atoms with Crippen molar-refractivity contribution in [2.75, 3.05) is 12.4 Å². The Labute approximate surface area is 125 Å². The maximum Gasteiger partial charge on any atom is 0.346 e. The van der Waals surface area contributed by atoms with Crippen LogP contribution in [0.5, 0.6) is 0 Å². The SMILES string of the molecule is Cc1c(C(=O)O)sc2ncnc(SCCCCCO)c12. The van der Waals surface area contributed by atoms with E-state index in [1.807, 2.05) is 6.92 Å². The first kappa shape index (κ1) is 15.2. The number of aromatic carboxylic acids is 1. The number of thiophene rings is 1. The zero-order chi connectivity index (χ0) is 14.5. The van der Waals surface area contributed by atoms with Crippen LogP contribution in [-0.4, -0.2) is 38.5 Å². The van der Waals surface area contributed by atoms with Crippen molar-refractivity contribution in [2.45, 2.75) is 31.2 Å². The lowest BCUT2D eigenvalue weighted by Crippen LogP contribution is -1.94. The zero-order valence-electron chi connectivity index (χ0n) is 11.1. The van der Waals surface area contributed by atoms with Gasteiger partial charge in [0.1, 0.15) is 21.1 Å². The molecule has 0 radical (unpaired) electrons. The fraction of sp³-hybridized carbons (Fsp3) is 0.462. The normalized spacial score (nSPS) is 11.1. The summed E-state index contributed by atoms with van der Waals surface area (Å²) in [5.41, 5.74) is 0.746. The van der Waals surface area contributed by atoms with Crippen LogP contribution in [0.4, 0.5) is 0 Å². The highest BCUT2D eigenvalue weighted by Crippen LogP contribution is 2.35. The Kier molecular flexibility index (Phi) is 5.33. The van der Waals surface area contributed by atoms with Crippen LogP contribution in [0.3, 0.4) is 0 Å². The molecule has 0 bridgehead atoms. The van der Waals surface area contributed by atoms with E-state index in [-0.39, 0.29) is 6.61 Å². The lowest BCUT2D eigenvalue weighted by Gasteiger charge is -2.03. The molecule has 0 amide bonds. The molecule has 2 aromatic rings. The number of unbranched alkanes of at least 4 members (excludes halogenated alkanes) is 2. The van der Waals surface area contributed by atoms with Gasteiger partial charge < -0.3 is 10.2 Å². The van der Waals surface area contributed by atoms with Gasteiger partial charge in [-0.2, -0.15) is 0 Å². The van der Waals surface area contributed by atoms with Gasteiger partial charge in [-0.25, -0.2) is 14.8 Å². The molecule has 0 fully saturated rings. The van der Waals surface area contributed by atoms with E-state index in [0.717, 1.165) is 45.8 Å². The first-order valence-electron chi connectivity index (χ1n) is 6.36. The second-order valence-electron chi connectivity index (χ2n) is 4.35. The number of hydrogen-bond acceptors (Lipinski definition) is 6. The molecular formula is C13H16N2O3S2. The summed E-state index contributed by atoms with van der Waals surface area (Å²) >= 11 is 2.82. The van der Waals surface area contributed by atoms with E-state index >= 15 is 0 Å². The molecule has 2 rings (SSSR count). The highest BCUT2D eigenvalue weighted by Gasteiger charge is 2.18. The van der Waals surface area contributed by atoms with E-state index in [1.165, 1.54) is 17.7 Å². The van der Waals surface area contributed by atoms with Crippen LogP contribution in [0, 0.1) is 6.92 Å². The summed E-state index contributed by atoms with van der Waals surface area (Å²) < 4.78 is 0. The van der Waals surface area contributed by atoms with Crippen LogP contribution in [0.2, 0.25) is 0 Å². The van der Waals surface area contributed by atoms with E-state index in [1.54, 1.807) is 11.8 Å². The van der Waals surface area contributed by atoms with Gasteiger partial charge in [0.05, 0.1) is 0 Å². The average molecular weight is 312 g/mol. The number of aryl methyl sites for hydroxylation is 1. The van der Waals surface area contributed by atoms with Gasteiger partial charge in [-0.1, -0.05) is 6.42 Å². The van der Waals surface area contributed by atoms with Crippen molar-refractivity contribution >= 4 is 39.3 Å². The van der Waals surface area contributed by atoms with Crippen LogP contribution in [-0.2, 0) is 0 Å². The van der Waals surface area contributed by atoms with E-state index in [9.17, 15) is 4.79 Å². The molecule has 108 valence electrons. The Morgan fingerprint density at radius 3 is 2.85 bits per heavy atom. The summed E-state index contributed by atoms with van der Waals surface area (Å²) in [6.45, 7) is 2.04. The van der Waals surface area contributed by atoms with E-state index in [0.29, 0.717) is 4.88 Å². The van der Waals surface area contributed by atoms with E-state index < -0.39 is 5.97 Å². The number of aliphatic hydroxyl groups is 1. The maximum atomic E-state index is 11.2. The number of carboxylic acids is 1. The fourth-order valence-electron chi connectivity index (χ4n) is 1.91. The first-order chi connectivity index (χ1) is 9.65. The molecule has 0 aliphatic heterocycles. The highest BCUT2D eigenvalue weighted by molar-refractivity contribution is 7.99. The molecular weight excluding hydrogens is 296 g/mol. The summed E-state index contributed by atoms with van der Waals surface area (Å²) in [7, 11) is 0. The molecule has 20 heavy (non-hydrogen) atoms. The third kappa shape index (κ3) is 3.28. The topological polar surface area (TPSA) is 83.3 Å². The molecule has 0 saturated heterocycles. The predicted molar refractivity (Wildman–Crippen MR) is 80.8 cm³/mol. The minimum absolute atomic E-state index is 0.230. The second-order valence-corrected chi connectivity index (χ2v) is 6.44. The van der Waals surface area contributed by atoms with Crippen molar-refractivity contribution in [3.8, 4) is 0 Å². The van der Waals surface area contributed by atoms with Crippen molar-refractivity contribution in [3.05, 3.63) is 16.8 Å². The molecule has 0 aromatic carbocycles. The third-order valence-electron chi connectivity index (χ3n) is 2.93. The summed E-state index contributed by atoms with van der Waals surface area (Å²) in [6, 6.07) is 0. The van der Waals surface area contributed by atoms with Gasteiger partial charge in [0.15, 0.2) is 0 Å². The molecule has 5 nitrogen and oxygen atoms in total. The number of fused-ring (bicyclic) bond motifs is 1. The zero-order valence-corrected chi connectivity index (χ0v) is 12.8. The predicted octanol–water partition coefficient (Wildman–Crippen LogP) is 2.95. The number of rotatable bonds is 7. The van der Waals surface area contributed by atoms with Crippen LogP contribution < -0.4 is 0 Å². The molecule has 7 heteroatoms. The minimum atomic E-state index is -0.913. The summed E-state index contributed by atoms with van der Waals surface area (Å²) in [5.74, 6) is -0.00604. The lowest BCUT2D eigenvalue weighted by molar-refractivity contribution is 0.0701. The number of aromatic nitrogens is 2. The first-order valence-corrected chi connectivity index (χ1v) is 8.16. The van der Waals surface area contributed by atoms with Crippen molar-refractivity contribution in [2.24, 2.45) is 0 Å². The number of hydrogen-bond donors (Lipinski definition) is 2. The van der Waals surface area contributed by atoms with Crippen molar-refractivity contribution in [1.29, 1.82) is 0 Å². The second kappa shape index (κ2) is 7.01. The Morgan fingerprint density at radius 1 is 1.35 bits per heavy atom. The van der Waals surface area contributed by atoms with Gasteiger partial charge in [-0.3, -0.25) is 0 Å². The lowest BCUT2D eigenvalue weighted by atomic mass is 10.2. The van der Waals surface area contributed by atoms with Crippen molar-refractivity contribution < 1.29 is 15.0 Å². The van der Waals surface area contributed by atoms with Gasteiger partial charge in [-0.15, -0.1) is 23.1 Å². The number of aliphatic hydroxyl groups excluding tert-OH is 1. The summed E-state index contributed by atoms with van der Waals surface area (Å²) in [6.07, 6.45) is 4.30. The summed E-state index contributed by atoms with van der Waals surface area (Å²) in [5, 5.41) is 19.6. The van der Waals surface area contributed by atoms with Gasteiger partial charge in [0.2, 0.25) is 0 Å². The standard InChI is InChI=1S/C13H16N2O3S2/c1-8-9-11(19-6-4-2-3-5-16)14-7-15-12(9)20-10(8)13(17)18/h7,16H,2-6H2,1H3,(H,17,18). The number of carboxylic acid groups (broad SMARTS) is 1. The van der Waals surface area contributed by atoms with Gasteiger partial charge in [0, 0.05) is 12.0 Å². The molecule has 2 aromatic heterocycles. The number of carbonyl (C=O) groups is 1. The molecule has 2 N–H and O–H groups in total. The number of thioether (sulfide) groups is 1. The average Bonchev–Trinajstić information content (AvgIpc) is 2.77. The molecule has 0 aliphatic rings. The van der Waals surface area contributed by atoms with Crippen LogP contribution in [0.15, 0.2) is 11.4 Å². The Morgan fingerprint density at radius 2 is 2.15 bits per heavy atom. The highest BCUT2D eigenvalue weighted by atomic mass is 32.2. The maximum absolute atomic E-state index is 11.2. The van der Waals surface area contributed by atoms with Gasteiger partial charge in [-0.05, 0) is 31.1 Å². The van der Waals surface area contributed by atoms with Crippen molar-refractivity contribution in [1.82, 2.24) is 9.97 Å². The monoisotopic (exact) mass is 312 g/mol. The molecule has 0 unspecified atom stereocenters. The minimum Gasteiger partial charge on any atom is -0.477 e. The van der Waals surface area contributed by atoms with Crippen LogP contribution >= 0.6 is 23.1 Å². The Hall–Kier alpha value is -1.18. The molecule has 0 aliphatic carbocycles. The largest absolute Gasteiger partial charge is 0.477 e. The molecule has 0 spiro atoms. The van der Waals surface area contributed by atoms with Crippen LogP contribution in [0.1, 0.15) is 34.5 Å². The smallest absolute Gasteiger partial charge is 0.346 e. The van der Waals surface area contributed by atoms with Crippen LogP contribution in [0.25, 0.3) is 10.2 Å². The Balaban J connectivity index is 2.19. The third-order valence-corrected chi connectivity index (χ3v) is 5.19. The molecule has 0 atom stereocenters. The van der Waals surface area contributed by atoms with E-state index in [2.05, 4.69) is 9.97 Å². The van der Waals surface area contributed by atoms with E-state index in [4.69, 9.17) is 10.2 Å². The summed E-state index contributed by atoms with van der Waals surface area (Å²) in [4.78, 5) is 20.7.